The second kappa shape index (κ2) is 6.87. The molecule has 2 aromatic rings. The van der Waals surface area contributed by atoms with Crippen molar-refractivity contribution in [2.75, 3.05) is 13.1 Å². The molecule has 0 amide bonds. The Balaban J connectivity index is 1.73. The Hall–Kier alpha value is -1.74. The maximum atomic E-state index is 12.2. The van der Waals surface area contributed by atoms with E-state index in [0.29, 0.717) is 35.5 Å². The maximum absolute atomic E-state index is 12.2. The largest absolute Gasteiger partial charge is 0.367 e. The number of fused-ring (bicyclic) bond motifs is 1. The first-order chi connectivity index (χ1) is 11.7. The van der Waals surface area contributed by atoms with Crippen LogP contribution in [-0.2, 0) is 16.2 Å². The number of piperidine rings is 1. The van der Waals surface area contributed by atoms with Crippen LogP contribution < -0.4 is 5.69 Å². The minimum atomic E-state index is -0.539. The number of imidazole rings is 1. The molecule has 1 unspecified atom stereocenters. The third-order valence-corrected chi connectivity index (χ3v) is 4.58. The van der Waals surface area contributed by atoms with Gasteiger partial charge >= 0.3 is 11.7 Å². The topological polar surface area (TPSA) is 93.1 Å². The summed E-state index contributed by atoms with van der Waals surface area (Å²) < 4.78 is 2.18. The number of halogens is 1. The number of carbonyl (C=O) groups excluding carboxylic acids is 1. The third kappa shape index (κ3) is 4.09. The smallest absolute Gasteiger partial charge is 0.330 e. The molecule has 1 saturated heterocycles. The lowest BCUT2D eigenvalue weighted by Crippen LogP contribution is -2.41. The molecule has 1 fully saturated rings. The molecular weight excluding hydrogens is 390 g/mol. The minimum Gasteiger partial charge on any atom is -0.367 e. The summed E-state index contributed by atoms with van der Waals surface area (Å²) in [6.07, 6.45) is 3.43. The Labute approximate surface area is 153 Å². The summed E-state index contributed by atoms with van der Waals surface area (Å²) in [5.74, 6) is -0.0498. The molecule has 3 rings (SSSR count). The highest BCUT2D eigenvalue weighted by Gasteiger charge is 2.29. The number of hydrogen-bond acceptors (Lipinski definition) is 6. The van der Waals surface area contributed by atoms with Crippen molar-refractivity contribution >= 4 is 33.2 Å². The Morgan fingerprint density at radius 2 is 2.24 bits per heavy atom. The monoisotopic (exact) mass is 411 g/mol. The molecular formula is C16H22BrN5O3. The summed E-state index contributed by atoms with van der Waals surface area (Å²) in [6, 6.07) is 0. The molecule has 9 heteroatoms. The van der Waals surface area contributed by atoms with Gasteiger partial charge in [-0.05, 0) is 55.5 Å². The van der Waals surface area contributed by atoms with Gasteiger partial charge in [-0.3, -0.25) is 9.55 Å². The fourth-order valence-electron chi connectivity index (χ4n) is 2.84. The van der Waals surface area contributed by atoms with Crippen molar-refractivity contribution in [1.82, 2.24) is 24.6 Å². The first-order valence-electron chi connectivity index (χ1n) is 8.32. The molecule has 2 aromatic heterocycles. The lowest BCUT2D eigenvalue weighted by atomic mass is 9.97. The number of aromatic amines is 1. The number of carbonyl (C=O) groups is 1. The number of nitrogens with zero attached hydrogens (tertiary/aromatic N) is 4. The molecule has 1 atom stereocenters. The standard InChI is InChI=1S/C16H22BrN5O3/c1-16(2,3)14(23)25-21-6-4-5-10(8-21)9-22-13-12(20-15(22)24)18-7-11(17)19-13/h7,10H,4-6,8-9H2,1-3H3,(H,18,20,24). The van der Waals surface area contributed by atoms with Crippen LogP contribution in [0.25, 0.3) is 11.3 Å². The summed E-state index contributed by atoms with van der Waals surface area (Å²) in [5.41, 5.74) is 0.239. The van der Waals surface area contributed by atoms with E-state index in [1.165, 1.54) is 0 Å². The Kier molecular flexibility index (Phi) is 4.97. The number of rotatable bonds is 3. The average molecular weight is 412 g/mol. The van der Waals surface area contributed by atoms with E-state index < -0.39 is 5.41 Å². The molecule has 136 valence electrons. The van der Waals surface area contributed by atoms with Gasteiger partial charge in [-0.2, -0.15) is 0 Å². The lowest BCUT2D eigenvalue weighted by molar-refractivity contribution is -0.208. The maximum Gasteiger partial charge on any atom is 0.330 e. The predicted molar refractivity (Wildman–Crippen MR) is 95.7 cm³/mol. The number of nitrogens with one attached hydrogen (secondary N) is 1. The predicted octanol–water partition coefficient (Wildman–Crippen LogP) is 2.10. The molecule has 1 N–H and O–H groups in total. The van der Waals surface area contributed by atoms with Gasteiger partial charge in [-0.15, -0.1) is 5.06 Å². The van der Waals surface area contributed by atoms with Crippen molar-refractivity contribution in [3.8, 4) is 0 Å². The van der Waals surface area contributed by atoms with Crippen LogP contribution >= 0.6 is 15.9 Å². The number of H-pyrrole nitrogens is 1. The highest BCUT2D eigenvalue weighted by Crippen LogP contribution is 2.22. The Bertz CT molecular complexity index is 838. The van der Waals surface area contributed by atoms with Gasteiger partial charge in [0.25, 0.3) is 0 Å². The quantitative estimate of drug-likeness (QED) is 0.830. The van der Waals surface area contributed by atoms with Crippen LogP contribution in [0.2, 0.25) is 0 Å². The lowest BCUT2D eigenvalue weighted by Gasteiger charge is -2.32. The van der Waals surface area contributed by atoms with Crippen LogP contribution in [0.15, 0.2) is 15.6 Å². The first-order valence-corrected chi connectivity index (χ1v) is 9.12. The molecule has 8 nitrogen and oxygen atoms in total. The summed E-state index contributed by atoms with van der Waals surface area (Å²) in [7, 11) is 0. The number of aromatic nitrogens is 4. The van der Waals surface area contributed by atoms with Crippen LogP contribution in [0, 0.1) is 11.3 Å². The molecule has 0 bridgehead atoms. The summed E-state index contributed by atoms with van der Waals surface area (Å²) in [5, 5.41) is 1.71. The molecule has 0 saturated carbocycles. The van der Waals surface area contributed by atoms with Gasteiger partial charge in [0.2, 0.25) is 0 Å². The molecule has 3 heterocycles. The zero-order valence-corrected chi connectivity index (χ0v) is 16.2. The van der Waals surface area contributed by atoms with Gasteiger partial charge in [0.1, 0.15) is 4.60 Å². The zero-order valence-electron chi connectivity index (χ0n) is 14.6. The van der Waals surface area contributed by atoms with E-state index in [0.717, 1.165) is 12.8 Å². The van der Waals surface area contributed by atoms with Crippen molar-refractivity contribution in [1.29, 1.82) is 0 Å². The molecule has 25 heavy (non-hydrogen) atoms. The SMILES string of the molecule is CC(C)(C)C(=O)ON1CCCC(Cn2c(=O)[nH]c3ncc(Br)nc32)C1. The van der Waals surface area contributed by atoms with E-state index >= 15 is 0 Å². The van der Waals surface area contributed by atoms with Gasteiger partial charge in [0.05, 0.1) is 11.6 Å². The van der Waals surface area contributed by atoms with E-state index in [4.69, 9.17) is 4.84 Å². The van der Waals surface area contributed by atoms with Crippen molar-refractivity contribution in [2.45, 2.75) is 40.2 Å². The normalized spacial score (nSPS) is 19.3. The Morgan fingerprint density at radius 1 is 1.48 bits per heavy atom. The van der Waals surface area contributed by atoms with Crippen LogP contribution in [-0.4, -0.2) is 43.6 Å². The number of hydroxylamine groups is 2. The van der Waals surface area contributed by atoms with Crippen molar-refractivity contribution < 1.29 is 9.63 Å². The highest BCUT2D eigenvalue weighted by molar-refractivity contribution is 9.10. The van der Waals surface area contributed by atoms with Crippen LogP contribution in [0.1, 0.15) is 33.6 Å². The highest BCUT2D eigenvalue weighted by atomic mass is 79.9. The second-order valence-corrected chi connectivity index (χ2v) is 8.24. The van der Waals surface area contributed by atoms with Crippen LogP contribution in [0.5, 0.6) is 0 Å². The van der Waals surface area contributed by atoms with E-state index in [2.05, 4.69) is 30.9 Å². The summed E-state index contributed by atoms with van der Waals surface area (Å²) in [6.45, 7) is 7.32. The van der Waals surface area contributed by atoms with Gasteiger partial charge in [-0.1, -0.05) is 0 Å². The first kappa shape index (κ1) is 18.1. The van der Waals surface area contributed by atoms with Crippen molar-refractivity contribution in [3.63, 3.8) is 0 Å². The summed E-state index contributed by atoms with van der Waals surface area (Å²) in [4.78, 5) is 41.0. The third-order valence-electron chi connectivity index (χ3n) is 4.20. The molecule has 0 aliphatic carbocycles. The molecule has 1 aliphatic heterocycles. The summed E-state index contributed by atoms with van der Waals surface area (Å²) >= 11 is 3.29. The van der Waals surface area contributed by atoms with Gasteiger partial charge in [0.15, 0.2) is 11.3 Å². The van der Waals surface area contributed by atoms with Gasteiger partial charge < -0.3 is 4.84 Å². The van der Waals surface area contributed by atoms with Crippen molar-refractivity contribution in [2.24, 2.45) is 11.3 Å². The minimum absolute atomic E-state index is 0.194. The van der Waals surface area contributed by atoms with E-state index in [1.54, 1.807) is 15.8 Å². The fourth-order valence-corrected chi connectivity index (χ4v) is 3.11. The molecule has 0 aromatic carbocycles. The van der Waals surface area contributed by atoms with Gasteiger partial charge in [-0.25, -0.2) is 19.6 Å². The number of hydrogen-bond donors (Lipinski definition) is 1. The van der Waals surface area contributed by atoms with E-state index in [-0.39, 0.29) is 17.6 Å². The van der Waals surface area contributed by atoms with Crippen LogP contribution in [0.3, 0.4) is 0 Å². The Morgan fingerprint density at radius 3 is 2.96 bits per heavy atom. The molecule has 0 radical (unpaired) electrons. The fraction of sp³-hybridized carbons (Fsp3) is 0.625. The van der Waals surface area contributed by atoms with Gasteiger partial charge in [0, 0.05) is 19.6 Å². The zero-order chi connectivity index (χ0) is 18.2. The van der Waals surface area contributed by atoms with Crippen molar-refractivity contribution in [3.05, 3.63) is 21.3 Å². The van der Waals surface area contributed by atoms with Crippen LogP contribution in [0.4, 0.5) is 0 Å². The molecule has 0 spiro atoms. The second-order valence-electron chi connectivity index (χ2n) is 7.43. The average Bonchev–Trinajstić information content (AvgIpc) is 2.82. The van der Waals surface area contributed by atoms with E-state index in [9.17, 15) is 9.59 Å². The molecule has 1 aliphatic rings. The van der Waals surface area contributed by atoms with E-state index in [1.807, 2.05) is 20.8 Å².